The van der Waals surface area contributed by atoms with Gasteiger partial charge in [-0.1, -0.05) is 164 Å². The summed E-state index contributed by atoms with van der Waals surface area (Å²) in [5, 5.41) is 2.32. The maximum Gasteiger partial charge on any atom is 0.161 e. The van der Waals surface area contributed by atoms with E-state index in [9.17, 15) is 0 Å². The summed E-state index contributed by atoms with van der Waals surface area (Å²) in [6.07, 6.45) is 0. The molecule has 0 unspecified atom stereocenters. The van der Waals surface area contributed by atoms with Crippen LogP contribution in [-0.2, 0) is 5.41 Å². The van der Waals surface area contributed by atoms with Crippen molar-refractivity contribution in [2.45, 2.75) is 5.41 Å². The third kappa shape index (κ3) is 3.61. The lowest BCUT2D eigenvalue weighted by Gasteiger charge is -2.30. The van der Waals surface area contributed by atoms with Crippen LogP contribution in [0.4, 0.5) is 0 Å². The Morgan fingerprint density at radius 1 is 0.362 bits per heavy atom. The standard InChI is InChI=1S/C45H28N2/c1-2-15-30(16-3-1)41-28-42(47-44(46-41)34-22-12-17-29-14-4-5-18-31(29)34)36-23-13-27-40-43(36)35-21-8-11-26-39(35)45(40)37-24-9-6-19-32(37)33-20-7-10-25-38(33)45/h1-28H. The van der Waals surface area contributed by atoms with E-state index < -0.39 is 5.41 Å². The molecule has 0 radical (unpaired) electrons. The zero-order valence-electron chi connectivity index (χ0n) is 25.6. The molecule has 0 amide bonds. The molecule has 7 aromatic carbocycles. The zero-order chi connectivity index (χ0) is 31.0. The van der Waals surface area contributed by atoms with E-state index in [2.05, 4.69) is 170 Å². The van der Waals surface area contributed by atoms with Crippen LogP contribution in [0.5, 0.6) is 0 Å². The van der Waals surface area contributed by atoms with Gasteiger partial charge in [0.25, 0.3) is 0 Å². The first-order chi connectivity index (χ1) is 23.3. The number of nitrogens with zero attached hydrogens (tertiary/aromatic N) is 2. The molecule has 2 nitrogen and oxygen atoms in total. The molecule has 0 bridgehead atoms. The Hall–Kier alpha value is -6.12. The normalized spacial score (nSPS) is 13.3. The number of benzene rings is 7. The van der Waals surface area contributed by atoms with Gasteiger partial charge in [-0.25, -0.2) is 9.97 Å². The van der Waals surface area contributed by atoms with Crippen LogP contribution < -0.4 is 0 Å². The average molecular weight is 597 g/mol. The van der Waals surface area contributed by atoms with Gasteiger partial charge in [0, 0.05) is 16.7 Å². The number of aromatic nitrogens is 2. The molecular weight excluding hydrogens is 569 g/mol. The molecule has 47 heavy (non-hydrogen) atoms. The largest absolute Gasteiger partial charge is 0.228 e. The Balaban J connectivity index is 1.29. The highest BCUT2D eigenvalue weighted by atomic mass is 14.9. The molecule has 0 N–H and O–H groups in total. The second-order valence-electron chi connectivity index (χ2n) is 12.5. The van der Waals surface area contributed by atoms with Crippen molar-refractivity contribution in [1.29, 1.82) is 0 Å². The molecule has 0 aliphatic heterocycles. The zero-order valence-corrected chi connectivity index (χ0v) is 25.6. The smallest absolute Gasteiger partial charge is 0.161 e. The van der Waals surface area contributed by atoms with Crippen molar-refractivity contribution in [3.8, 4) is 56.2 Å². The summed E-state index contributed by atoms with van der Waals surface area (Å²) in [6.45, 7) is 0. The van der Waals surface area contributed by atoms with Gasteiger partial charge in [0.05, 0.1) is 16.8 Å². The summed E-state index contributed by atoms with van der Waals surface area (Å²) in [4.78, 5) is 10.6. The highest BCUT2D eigenvalue weighted by molar-refractivity contribution is 6.00. The first-order valence-corrected chi connectivity index (χ1v) is 16.2. The molecule has 1 aromatic heterocycles. The molecule has 2 aliphatic rings. The topological polar surface area (TPSA) is 25.8 Å². The van der Waals surface area contributed by atoms with Crippen LogP contribution in [0.3, 0.4) is 0 Å². The molecule has 218 valence electrons. The molecular formula is C45H28N2. The van der Waals surface area contributed by atoms with Gasteiger partial charge in [-0.3, -0.25) is 0 Å². The first kappa shape index (κ1) is 26.1. The molecule has 0 fully saturated rings. The first-order valence-electron chi connectivity index (χ1n) is 16.2. The van der Waals surface area contributed by atoms with Crippen molar-refractivity contribution in [1.82, 2.24) is 9.97 Å². The molecule has 10 rings (SSSR count). The monoisotopic (exact) mass is 596 g/mol. The number of hydrogen-bond donors (Lipinski definition) is 0. The van der Waals surface area contributed by atoms with Gasteiger partial charge in [-0.15, -0.1) is 0 Å². The summed E-state index contributed by atoms with van der Waals surface area (Å²) < 4.78 is 0. The van der Waals surface area contributed by atoms with Crippen molar-refractivity contribution >= 4 is 10.8 Å². The van der Waals surface area contributed by atoms with Crippen LogP contribution in [-0.4, -0.2) is 9.97 Å². The Kier molecular flexibility index (Phi) is 5.53. The SMILES string of the molecule is c1ccc(-c2cc(-c3cccc4c3-c3ccccc3C43c4ccccc4-c4ccccc43)nc(-c3cccc4ccccc34)n2)cc1. The van der Waals surface area contributed by atoms with E-state index in [4.69, 9.17) is 9.97 Å². The molecule has 1 heterocycles. The summed E-state index contributed by atoms with van der Waals surface area (Å²) in [5.41, 5.74) is 15.1. The minimum atomic E-state index is -0.400. The van der Waals surface area contributed by atoms with Crippen LogP contribution in [0, 0.1) is 0 Å². The third-order valence-corrected chi connectivity index (χ3v) is 10.1. The van der Waals surface area contributed by atoms with Crippen LogP contribution >= 0.6 is 0 Å². The molecule has 0 saturated carbocycles. The van der Waals surface area contributed by atoms with Crippen molar-refractivity contribution in [2.24, 2.45) is 0 Å². The fourth-order valence-electron chi connectivity index (χ4n) is 8.24. The van der Waals surface area contributed by atoms with E-state index in [1.165, 1.54) is 49.9 Å². The Labute approximate surface area is 273 Å². The lowest BCUT2D eigenvalue weighted by Crippen LogP contribution is -2.25. The van der Waals surface area contributed by atoms with E-state index in [0.717, 1.165) is 39.3 Å². The summed E-state index contributed by atoms with van der Waals surface area (Å²) >= 11 is 0. The number of hydrogen-bond acceptors (Lipinski definition) is 2. The summed E-state index contributed by atoms with van der Waals surface area (Å²) in [6, 6.07) is 61.2. The van der Waals surface area contributed by atoms with Crippen molar-refractivity contribution in [3.05, 3.63) is 192 Å². The second-order valence-corrected chi connectivity index (χ2v) is 12.5. The van der Waals surface area contributed by atoms with Crippen LogP contribution in [0.25, 0.3) is 66.9 Å². The average Bonchev–Trinajstić information content (AvgIpc) is 3.62. The van der Waals surface area contributed by atoms with Crippen LogP contribution in [0.15, 0.2) is 170 Å². The Morgan fingerprint density at radius 3 is 1.64 bits per heavy atom. The summed E-state index contributed by atoms with van der Waals surface area (Å²) in [5.74, 6) is 0.730. The van der Waals surface area contributed by atoms with E-state index in [1.807, 2.05) is 0 Å². The Morgan fingerprint density at radius 2 is 0.872 bits per heavy atom. The van der Waals surface area contributed by atoms with Gasteiger partial charge < -0.3 is 0 Å². The molecule has 8 aromatic rings. The molecule has 2 heteroatoms. The van der Waals surface area contributed by atoms with Gasteiger partial charge in [0.2, 0.25) is 0 Å². The van der Waals surface area contributed by atoms with E-state index >= 15 is 0 Å². The molecule has 2 aliphatic carbocycles. The lowest BCUT2D eigenvalue weighted by atomic mass is 9.70. The van der Waals surface area contributed by atoms with E-state index in [1.54, 1.807) is 0 Å². The Bertz CT molecular complexity index is 2480. The molecule has 1 spiro atoms. The van der Waals surface area contributed by atoms with Gasteiger partial charge in [-0.05, 0) is 61.3 Å². The minimum absolute atomic E-state index is 0.400. The minimum Gasteiger partial charge on any atom is -0.228 e. The van der Waals surface area contributed by atoms with E-state index in [-0.39, 0.29) is 0 Å². The van der Waals surface area contributed by atoms with Gasteiger partial charge >= 0.3 is 0 Å². The predicted molar refractivity (Wildman–Crippen MR) is 192 cm³/mol. The molecule has 0 saturated heterocycles. The third-order valence-electron chi connectivity index (χ3n) is 10.1. The van der Waals surface area contributed by atoms with E-state index in [0.29, 0.717) is 0 Å². The van der Waals surface area contributed by atoms with Gasteiger partial charge in [-0.2, -0.15) is 0 Å². The van der Waals surface area contributed by atoms with Crippen molar-refractivity contribution < 1.29 is 0 Å². The van der Waals surface area contributed by atoms with Crippen LogP contribution in [0.1, 0.15) is 22.3 Å². The highest BCUT2D eigenvalue weighted by Gasteiger charge is 2.52. The quantitative estimate of drug-likeness (QED) is 0.203. The number of rotatable bonds is 3. The van der Waals surface area contributed by atoms with Crippen molar-refractivity contribution in [2.75, 3.05) is 0 Å². The maximum absolute atomic E-state index is 5.39. The number of fused-ring (bicyclic) bond motifs is 11. The second kappa shape index (κ2) is 9.94. The van der Waals surface area contributed by atoms with Gasteiger partial charge in [0.15, 0.2) is 5.82 Å². The summed E-state index contributed by atoms with van der Waals surface area (Å²) in [7, 11) is 0. The van der Waals surface area contributed by atoms with Gasteiger partial charge in [0.1, 0.15) is 0 Å². The molecule has 0 atom stereocenters. The lowest BCUT2D eigenvalue weighted by molar-refractivity contribution is 0.794. The van der Waals surface area contributed by atoms with Crippen molar-refractivity contribution in [3.63, 3.8) is 0 Å². The van der Waals surface area contributed by atoms with Crippen LogP contribution in [0.2, 0.25) is 0 Å². The highest BCUT2D eigenvalue weighted by Crippen LogP contribution is 2.63. The fraction of sp³-hybridized carbons (Fsp3) is 0.0222. The predicted octanol–water partition coefficient (Wildman–Crippen LogP) is 11.0. The maximum atomic E-state index is 5.39. The fourth-order valence-corrected chi connectivity index (χ4v) is 8.24.